The molecule has 16 heavy (non-hydrogen) atoms. The lowest BCUT2D eigenvalue weighted by atomic mass is 9.79. The van der Waals surface area contributed by atoms with Crippen LogP contribution < -0.4 is 0 Å². The van der Waals surface area contributed by atoms with E-state index in [1.165, 1.54) is 19.3 Å². The molecule has 0 fully saturated rings. The Kier molecular flexibility index (Phi) is 3.41. The van der Waals surface area contributed by atoms with E-state index >= 15 is 0 Å². The predicted molar refractivity (Wildman–Crippen MR) is 68.1 cm³/mol. The highest BCUT2D eigenvalue weighted by atomic mass is 16.5. The molecule has 2 rings (SSSR count). The zero-order valence-electron chi connectivity index (χ0n) is 11.0. The van der Waals surface area contributed by atoms with Crippen LogP contribution in [0, 0.1) is 17.8 Å². The first-order valence-corrected chi connectivity index (χ1v) is 6.58. The van der Waals surface area contributed by atoms with Crippen molar-refractivity contribution < 1.29 is 4.74 Å². The second-order valence-electron chi connectivity index (χ2n) is 5.76. The van der Waals surface area contributed by atoms with E-state index in [-0.39, 0.29) is 0 Å². The van der Waals surface area contributed by atoms with Gasteiger partial charge in [-0.2, -0.15) is 0 Å². The van der Waals surface area contributed by atoms with Gasteiger partial charge in [0.25, 0.3) is 0 Å². The Labute approximate surface area is 99.6 Å². The van der Waals surface area contributed by atoms with Gasteiger partial charge in [0, 0.05) is 11.8 Å². The molecule has 1 heterocycles. The highest BCUT2D eigenvalue weighted by Crippen LogP contribution is 2.38. The monoisotopic (exact) mass is 220 g/mol. The summed E-state index contributed by atoms with van der Waals surface area (Å²) in [4.78, 5) is 0. The zero-order valence-corrected chi connectivity index (χ0v) is 11.0. The Hall–Kier alpha value is -0.720. The lowest BCUT2D eigenvalue weighted by molar-refractivity contribution is 0.00116. The molecule has 0 N–H and O–H groups in total. The molecule has 0 saturated carbocycles. The fraction of sp³-hybridized carbons (Fsp3) is 0.733. The lowest BCUT2D eigenvalue weighted by Crippen LogP contribution is -2.35. The molecule has 1 nitrogen and oxygen atoms in total. The largest absolute Gasteiger partial charge is 0.494 e. The minimum absolute atomic E-state index is 0.419. The number of hydrogen-bond donors (Lipinski definition) is 0. The van der Waals surface area contributed by atoms with Gasteiger partial charge in [-0.25, -0.2) is 0 Å². The molecule has 0 spiro atoms. The quantitative estimate of drug-likeness (QED) is 0.630. The predicted octanol–water partition coefficient (Wildman–Crippen LogP) is 4.31. The number of hydrogen-bond acceptors (Lipinski definition) is 1. The van der Waals surface area contributed by atoms with E-state index in [0.717, 1.165) is 5.76 Å². The number of allylic oxidation sites excluding steroid dienone is 3. The molecule has 90 valence electrons. The van der Waals surface area contributed by atoms with Crippen LogP contribution in [-0.4, -0.2) is 6.10 Å². The van der Waals surface area contributed by atoms with E-state index in [1.54, 1.807) is 5.57 Å². The van der Waals surface area contributed by atoms with Crippen LogP contribution in [0.2, 0.25) is 0 Å². The fourth-order valence-corrected chi connectivity index (χ4v) is 3.03. The van der Waals surface area contributed by atoms with Gasteiger partial charge < -0.3 is 4.74 Å². The molecule has 2 aliphatic rings. The maximum absolute atomic E-state index is 6.11. The van der Waals surface area contributed by atoms with E-state index in [9.17, 15) is 0 Å². The molecule has 0 radical (unpaired) electrons. The van der Waals surface area contributed by atoms with Gasteiger partial charge in [0.2, 0.25) is 0 Å². The highest BCUT2D eigenvalue weighted by Gasteiger charge is 2.35. The summed E-state index contributed by atoms with van der Waals surface area (Å²) in [5.41, 5.74) is 1.54. The second kappa shape index (κ2) is 4.65. The van der Waals surface area contributed by atoms with Crippen LogP contribution in [-0.2, 0) is 4.74 Å². The first-order valence-electron chi connectivity index (χ1n) is 6.58. The summed E-state index contributed by atoms with van der Waals surface area (Å²) < 4.78 is 6.11. The highest BCUT2D eigenvalue weighted by molar-refractivity contribution is 5.12. The van der Waals surface area contributed by atoms with Crippen molar-refractivity contribution in [3.63, 3.8) is 0 Å². The Morgan fingerprint density at radius 2 is 2.06 bits per heavy atom. The average Bonchev–Trinajstić information content (AvgIpc) is 2.64. The van der Waals surface area contributed by atoms with Crippen molar-refractivity contribution in [2.24, 2.45) is 17.8 Å². The molecule has 3 unspecified atom stereocenters. The normalized spacial score (nSPS) is 34.7. The third-order valence-electron chi connectivity index (χ3n) is 4.07. The standard InChI is InChI=1S/C15H24O/c1-10(2)14-8-6-12(4)16-15(14)13-7-5-11(3)9-13/h6,9-10,13-15H,5,7-8H2,1-4H3. The molecule has 0 bridgehead atoms. The average molecular weight is 220 g/mol. The Morgan fingerprint density at radius 1 is 1.31 bits per heavy atom. The van der Waals surface area contributed by atoms with Crippen molar-refractivity contribution in [1.82, 2.24) is 0 Å². The van der Waals surface area contributed by atoms with Crippen LogP contribution in [0.4, 0.5) is 0 Å². The number of ether oxygens (including phenoxy) is 1. The molecule has 0 amide bonds. The molecule has 0 aromatic carbocycles. The summed E-state index contributed by atoms with van der Waals surface area (Å²) in [5.74, 6) is 3.18. The second-order valence-corrected chi connectivity index (χ2v) is 5.76. The molecule has 1 aliphatic heterocycles. The maximum Gasteiger partial charge on any atom is 0.108 e. The van der Waals surface area contributed by atoms with Crippen LogP contribution in [0.25, 0.3) is 0 Å². The van der Waals surface area contributed by atoms with Crippen molar-refractivity contribution in [2.75, 3.05) is 0 Å². The first-order chi connectivity index (χ1) is 7.58. The minimum atomic E-state index is 0.419. The van der Waals surface area contributed by atoms with Crippen molar-refractivity contribution in [3.8, 4) is 0 Å². The Balaban J connectivity index is 2.13. The van der Waals surface area contributed by atoms with Crippen LogP contribution in [0.15, 0.2) is 23.5 Å². The molecular weight excluding hydrogens is 196 g/mol. The van der Waals surface area contributed by atoms with E-state index in [1.807, 2.05) is 0 Å². The van der Waals surface area contributed by atoms with Gasteiger partial charge in [-0.15, -0.1) is 0 Å². The van der Waals surface area contributed by atoms with E-state index in [0.29, 0.717) is 23.9 Å². The summed E-state index contributed by atoms with van der Waals surface area (Å²) >= 11 is 0. The molecule has 0 aromatic heterocycles. The molecular formula is C15H24O. The summed E-state index contributed by atoms with van der Waals surface area (Å²) in [6.45, 7) is 8.98. The molecule has 3 atom stereocenters. The van der Waals surface area contributed by atoms with Gasteiger partial charge in [-0.1, -0.05) is 25.5 Å². The van der Waals surface area contributed by atoms with Crippen LogP contribution >= 0.6 is 0 Å². The molecule has 1 heteroatoms. The summed E-state index contributed by atoms with van der Waals surface area (Å²) in [6.07, 6.45) is 8.86. The summed E-state index contributed by atoms with van der Waals surface area (Å²) in [7, 11) is 0. The molecule has 0 aromatic rings. The van der Waals surface area contributed by atoms with Crippen molar-refractivity contribution in [1.29, 1.82) is 0 Å². The lowest BCUT2D eigenvalue weighted by Gasteiger charge is -2.37. The molecule has 0 saturated heterocycles. The summed E-state index contributed by atoms with van der Waals surface area (Å²) in [5, 5.41) is 0. The Morgan fingerprint density at radius 3 is 2.62 bits per heavy atom. The van der Waals surface area contributed by atoms with Crippen molar-refractivity contribution in [2.45, 2.75) is 53.1 Å². The van der Waals surface area contributed by atoms with E-state index in [4.69, 9.17) is 4.74 Å². The minimum Gasteiger partial charge on any atom is -0.494 e. The van der Waals surface area contributed by atoms with Crippen LogP contribution in [0.5, 0.6) is 0 Å². The number of rotatable bonds is 2. The van der Waals surface area contributed by atoms with E-state index in [2.05, 4.69) is 39.8 Å². The van der Waals surface area contributed by atoms with Gasteiger partial charge in [0.05, 0.1) is 5.76 Å². The SMILES string of the molecule is CC1=CC(C2OC(C)=CCC2C(C)C)CC1. The van der Waals surface area contributed by atoms with Crippen molar-refractivity contribution in [3.05, 3.63) is 23.5 Å². The third-order valence-corrected chi connectivity index (χ3v) is 4.07. The van der Waals surface area contributed by atoms with Crippen molar-refractivity contribution >= 4 is 0 Å². The third kappa shape index (κ3) is 2.34. The zero-order chi connectivity index (χ0) is 11.7. The first kappa shape index (κ1) is 11.8. The topological polar surface area (TPSA) is 9.23 Å². The smallest absolute Gasteiger partial charge is 0.108 e. The van der Waals surface area contributed by atoms with Gasteiger partial charge >= 0.3 is 0 Å². The van der Waals surface area contributed by atoms with Gasteiger partial charge in [-0.05, 0) is 45.1 Å². The molecule has 1 aliphatic carbocycles. The van der Waals surface area contributed by atoms with Gasteiger partial charge in [-0.3, -0.25) is 0 Å². The van der Waals surface area contributed by atoms with Crippen LogP contribution in [0.3, 0.4) is 0 Å². The van der Waals surface area contributed by atoms with E-state index < -0.39 is 0 Å². The van der Waals surface area contributed by atoms with Crippen LogP contribution in [0.1, 0.15) is 47.0 Å². The maximum atomic E-state index is 6.11. The summed E-state index contributed by atoms with van der Waals surface area (Å²) in [6, 6.07) is 0. The van der Waals surface area contributed by atoms with Gasteiger partial charge in [0.1, 0.15) is 6.10 Å². The van der Waals surface area contributed by atoms with Gasteiger partial charge in [0.15, 0.2) is 0 Å². The fourth-order valence-electron chi connectivity index (χ4n) is 3.03. The Bertz CT molecular complexity index is 311.